The Morgan fingerprint density at radius 1 is 1.07 bits per heavy atom. The van der Waals surface area contributed by atoms with E-state index in [4.69, 9.17) is 25.8 Å². The Kier molecular flexibility index (Phi) is 8.55. The summed E-state index contributed by atoms with van der Waals surface area (Å²) in [6, 6.07) is 18.6. The van der Waals surface area contributed by atoms with E-state index < -0.39 is 17.7 Å². The van der Waals surface area contributed by atoms with Gasteiger partial charge in [-0.3, -0.25) is 14.5 Å². The number of carbonyl (C=O) groups excluding carboxylic acids is 2. The second-order valence-corrected chi connectivity index (χ2v) is 12.3. The lowest BCUT2D eigenvalue weighted by atomic mass is 9.95. The number of carbonyl (C=O) groups is 2. The number of amides is 1. The molecular formula is C31H26ClN3O6S2. The van der Waals surface area contributed by atoms with E-state index in [0.717, 1.165) is 12.0 Å². The minimum atomic E-state index is -0.956. The zero-order chi connectivity index (χ0) is 29.9. The van der Waals surface area contributed by atoms with Crippen LogP contribution in [0.1, 0.15) is 36.1 Å². The van der Waals surface area contributed by atoms with Crippen LogP contribution in [0.3, 0.4) is 0 Å². The molecule has 0 bridgehead atoms. The number of anilines is 1. The summed E-state index contributed by atoms with van der Waals surface area (Å²) in [7, 11) is 0. The fourth-order valence-electron chi connectivity index (χ4n) is 4.77. The Balaban J connectivity index is 1.38. The van der Waals surface area contributed by atoms with Crippen LogP contribution in [-0.2, 0) is 15.3 Å². The molecule has 0 saturated carbocycles. The van der Waals surface area contributed by atoms with Crippen molar-refractivity contribution in [2.24, 2.45) is 0 Å². The highest BCUT2D eigenvalue weighted by molar-refractivity contribution is 8.00. The minimum Gasteiger partial charge on any atom is -0.507 e. The van der Waals surface area contributed by atoms with Crippen molar-refractivity contribution in [2.75, 3.05) is 24.7 Å². The standard InChI is InChI=1S/C31H26ClN3O6S2/c1-2-13-39-21-10-7-18(8-11-21)26-25(27(36)19-9-12-23-24(16-19)41-15-14-40-23)28(37)29(38)35(26)30-33-34-31(43-30)42-17-20-5-3-4-6-22(20)32/h3-12,16,26,36H,2,13-15,17H2,1H3/b27-25+. The highest BCUT2D eigenvalue weighted by Crippen LogP contribution is 2.45. The largest absolute Gasteiger partial charge is 0.507 e. The van der Waals surface area contributed by atoms with Crippen LogP contribution in [0.15, 0.2) is 76.6 Å². The van der Waals surface area contributed by atoms with Gasteiger partial charge in [-0.05, 0) is 53.9 Å². The SMILES string of the molecule is CCCOc1ccc(C2/C(=C(\O)c3ccc4c(c3)OCCO4)C(=O)C(=O)N2c2nnc(SCc3ccccc3Cl)s2)cc1. The van der Waals surface area contributed by atoms with Crippen molar-refractivity contribution in [1.29, 1.82) is 0 Å². The number of Topliss-reactive ketones (excluding diaryl/α,β-unsaturated/α-hetero) is 1. The fourth-order valence-corrected chi connectivity index (χ4v) is 6.92. The quantitative estimate of drug-likeness (QED) is 0.0708. The molecule has 1 unspecified atom stereocenters. The molecule has 2 aliphatic heterocycles. The van der Waals surface area contributed by atoms with Crippen LogP contribution < -0.4 is 19.1 Å². The van der Waals surface area contributed by atoms with Crippen molar-refractivity contribution in [2.45, 2.75) is 29.5 Å². The van der Waals surface area contributed by atoms with Gasteiger partial charge in [0.05, 0.1) is 18.2 Å². The predicted molar refractivity (Wildman–Crippen MR) is 165 cm³/mol. The van der Waals surface area contributed by atoms with Gasteiger partial charge in [0.15, 0.2) is 15.8 Å². The lowest BCUT2D eigenvalue weighted by Gasteiger charge is -2.23. The van der Waals surface area contributed by atoms with Crippen molar-refractivity contribution in [3.8, 4) is 17.2 Å². The van der Waals surface area contributed by atoms with E-state index in [9.17, 15) is 14.7 Å². The molecule has 220 valence electrons. The zero-order valence-corrected chi connectivity index (χ0v) is 25.4. The summed E-state index contributed by atoms with van der Waals surface area (Å²) in [5.41, 5.74) is 1.80. The Hall–Kier alpha value is -4.06. The minimum absolute atomic E-state index is 0.0654. The average molecular weight is 636 g/mol. The molecule has 9 nitrogen and oxygen atoms in total. The van der Waals surface area contributed by atoms with E-state index in [0.29, 0.717) is 63.3 Å². The van der Waals surface area contributed by atoms with Gasteiger partial charge in [0.2, 0.25) is 5.13 Å². The number of ketones is 1. The molecular weight excluding hydrogens is 610 g/mol. The molecule has 1 atom stereocenters. The monoisotopic (exact) mass is 635 g/mol. The summed E-state index contributed by atoms with van der Waals surface area (Å²) in [5.74, 6) is 0.231. The maximum atomic E-state index is 13.6. The van der Waals surface area contributed by atoms with E-state index in [2.05, 4.69) is 10.2 Å². The molecule has 0 aliphatic carbocycles. The zero-order valence-electron chi connectivity index (χ0n) is 23.0. The fraction of sp³-hybridized carbons (Fsp3) is 0.226. The summed E-state index contributed by atoms with van der Waals surface area (Å²) >= 11 is 8.92. The van der Waals surface area contributed by atoms with Crippen LogP contribution in [0, 0.1) is 0 Å². The molecule has 12 heteroatoms. The smallest absolute Gasteiger partial charge is 0.301 e. The summed E-state index contributed by atoms with van der Waals surface area (Å²) in [4.78, 5) is 28.5. The van der Waals surface area contributed by atoms with E-state index >= 15 is 0 Å². The molecule has 1 aromatic heterocycles. The van der Waals surface area contributed by atoms with Gasteiger partial charge in [0, 0.05) is 16.3 Å². The van der Waals surface area contributed by atoms with E-state index in [1.807, 2.05) is 31.2 Å². The molecule has 0 spiro atoms. The molecule has 1 amide bonds. The molecule has 1 saturated heterocycles. The van der Waals surface area contributed by atoms with Gasteiger partial charge in [-0.1, -0.05) is 72.0 Å². The highest BCUT2D eigenvalue weighted by atomic mass is 35.5. The second kappa shape index (κ2) is 12.7. The molecule has 43 heavy (non-hydrogen) atoms. The summed E-state index contributed by atoms with van der Waals surface area (Å²) in [6.45, 7) is 3.36. The Morgan fingerprint density at radius 2 is 1.84 bits per heavy atom. The third-order valence-electron chi connectivity index (χ3n) is 6.84. The van der Waals surface area contributed by atoms with Crippen molar-refractivity contribution < 1.29 is 28.9 Å². The molecule has 0 radical (unpaired) electrons. The number of fused-ring (bicyclic) bond motifs is 1. The number of benzene rings is 3. The first-order valence-electron chi connectivity index (χ1n) is 13.6. The molecule has 1 fully saturated rings. The topological polar surface area (TPSA) is 111 Å². The highest BCUT2D eigenvalue weighted by Gasteiger charge is 2.48. The lowest BCUT2D eigenvalue weighted by molar-refractivity contribution is -0.132. The normalized spacial score (nSPS) is 17.3. The van der Waals surface area contributed by atoms with Gasteiger partial charge >= 0.3 is 5.91 Å². The maximum Gasteiger partial charge on any atom is 0.301 e. The number of thioether (sulfide) groups is 1. The number of nitrogens with zero attached hydrogens (tertiary/aromatic N) is 3. The van der Waals surface area contributed by atoms with Crippen LogP contribution in [-0.4, -0.2) is 46.8 Å². The number of aromatic nitrogens is 2. The van der Waals surface area contributed by atoms with E-state index in [1.54, 1.807) is 42.5 Å². The number of aliphatic hydroxyl groups is 1. The van der Waals surface area contributed by atoms with Gasteiger partial charge in [0.1, 0.15) is 24.7 Å². The second-order valence-electron chi connectivity index (χ2n) is 9.68. The van der Waals surface area contributed by atoms with Crippen LogP contribution in [0.25, 0.3) is 5.76 Å². The molecule has 3 heterocycles. The Bertz CT molecular complexity index is 1710. The number of hydrogen-bond acceptors (Lipinski definition) is 10. The van der Waals surface area contributed by atoms with Crippen LogP contribution in [0.2, 0.25) is 5.02 Å². The van der Waals surface area contributed by atoms with Gasteiger partial charge < -0.3 is 19.3 Å². The Labute approximate surface area is 261 Å². The molecule has 4 aromatic rings. The number of halogens is 1. The van der Waals surface area contributed by atoms with Crippen molar-refractivity contribution >= 4 is 57.3 Å². The van der Waals surface area contributed by atoms with Crippen LogP contribution in [0.5, 0.6) is 17.2 Å². The van der Waals surface area contributed by atoms with Gasteiger partial charge in [0.25, 0.3) is 5.78 Å². The van der Waals surface area contributed by atoms with Crippen molar-refractivity contribution in [3.05, 3.63) is 94.0 Å². The van der Waals surface area contributed by atoms with Crippen molar-refractivity contribution in [1.82, 2.24) is 10.2 Å². The Morgan fingerprint density at radius 3 is 2.60 bits per heavy atom. The summed E-state index contributed by atoms with van der Waals surface area (Å²) in [5, 5.41) is 21.0. The first kappa shape index (κ1) is 29.0. The molecule has 3 aromatic carbocycles. The third-order valence-corrected chi connectivity index (χ3v) is 9.31. The number of rotatable bonds is 9. The van der Waals surface area contributed by atoms with Gasteiger partial charge in [-0.15, -0.1) is 10.2 Å². The molecule has 6 rings (SSSR count). The summed E-state index contributed by atoms with van der Waals surface area (Å²) in [6.07, 6.45) is 0.852. The average Bonchev–Trinajstić information content (AvgIpc) is 3.61. The molecule has 2 aliphatic rings. The molecule has 1 N–H and O–H groups in total. The first-order valence-corrected chi connectivity index (χ1v) is 15.8. The number of ether oxygens (including phenoxy) is 3. The maximum absolute atomic E-state index is 13.6. The van der Waals surface area contributed by atoms with Crippen molar-refractivity contribution in [3.63, 3.8) is 0 Å². The number of aliphatic hydroxyl groups excluding tert-OH is 1. The van der Waals surface area contributed by atoms with E-state index in [-0.39, 0.29) is 16.5 Å². The lowest BCUT2D eigenvalue weighted by Crippen LogP contribution is -2.29. The predicted octanol–water partition coefficient (Wildman–Crippen LogP) is 6.67. The van der Waals surface area contributed by atoms with Crippen LogP contribution in [0.4, 0.5) is 5.13 Å². The summed E-state index contributed by atoms with van der Waals surface area (Å²) < 4.78 is 17.6. The van der Waals surface area contributed by atoms with Crippen LogP contribution >= 0.6 is 34.7 Å². The first-order chi connectivity index (χ1) is 20.9. The van der Waals surface area contributed by atoms with Gasteiger partial charge in [-0.25, -0.2) is 0 Å². The van der Waals surface area contributed by atoms with Gasteiger partial charge in [-0.2, -0.15) is 0 Å². The van der Waals surface area contributed by atoms with E-state index in [1.165, 1.54) is 28.0 Å². The number of hydrogen-bond donors (Lipinski definition) is 1. The third kappa shape index (κ3) is 5.93.